The van der Waals surface area contributed by atoms with Crippen molar-refractivity contribution in [2.45, 2.75) is 39.3 Å². The first-order valence-electron chi connectivity index (χ1n) is 12.8. The molecule has 2 fully saturated rings. The maximum Gasteiger partial charge on any atom is 0.248 e. The standard InChI is InChI=1S/C26H29ClN4O3.C2H6/c1-17-15-30(23-8-9-25(32)29-22-5-3-2-4-20(22)23)11-12-31(17)24-7-6-19(14-21(24)27)28-26(33)18-10-13-34-16-18;1-2/h2-9,14,17-18,23H,10-13,15-16H2,1H3,(H,28,33)(H,29,32);1-2H3/t17-,18?,23?;/m1./s1. The van der Waals surface area contributed by atoms with Gasteiger partial charge in [-0.15, -0.1) is 0 Å². The number of anilines is 3. The van der Waals surface area contributed by atoms with E-state index < -0.39 is 0 Å². The highest BCUT2D eigenvalue weighted by molar-refractivity contribution is 6.33. The summed E-state index contributed by atoms with van der Waals surface area (Å²) in [4.78, 5) is 29.2. The maximum atomic E-state index is 12.4. The number of piperazine rings is 1. The minimum absolute atomic E-state index is 0.0204. The van der Waals surface area contributed by atoms with Crippen LogP contribution in [0.5, 0.6) is 0 Å². The molecule has 0 saturated carbocycles. The van der Waals surface area contributed by atoms with Gasteiger partial charge in [-0.3, -0.25) is 14.5 Å². The van der Waals surface area contributed by atoms with Gasteiger partial charge in [0.1, 0.15) is 0 Å². The fourth-order valence-corrected chi connectivity index (χ4v) is 5.33. The molecular weight excluding hydrogens is 476 g/mol. The summed E-state index contributed by atoms with van der Waals surface area (Å²) < 4.78 is 5.31. The molecule has 0 bridgehead atoms. The number of benzene rings is 2. The number of carbonyl (C=O) groups is 2. The molecular formula is C28H35ClN4O3. The topological polar surface area (TPSA) is 73.9 Å². The van der Waals surface area contributed by atoms with E-state index in [1.807, 2.05) is 56.3 Å². The van der Waals surface area contributed by atoms with Crippen LogP contribution in [-0.2, 0) is 14.3 Å². The third-order valence-electron chi connectivity index (χ3n) is 6.84. The lowest BCUT2D eigenvalue weighted by atomic mass is 10.0. The molecule has 0 aliphatic carbocycles. The summed E-state index contributed by atoms with van der Waals surface area (Å²) >= 11 is 6.67. The fourth-order valence-electron chi connectivity index (χ4n) is 5.04. The molecule has 5 rings (SSSR count). The van der Waals surface area contributed by atoms with Crippen molar-refractivity contribution in [3.05, 3.63) is 65.2 Å². The number of nitrogens with zero attached hydrogens (tertiary/aromatic N) is 2. The minimum atomic E-state index is -0.0970. The smallest absolute Gasteiger partial charge is 0.248 e. The summed E-state index contributed by atoms with van der Waals surface area (Å²) in [6.45, 7) is 9.77. The van der Waals surface area contributed by atoms with E-state index in [1.165, 1.54) is 0 Å². The van der Waals surface area contributed by atoms with Crippen LogP contribution in [0.1, 0.15) is 38.8 Å². The quantitative estimate of drug-likeness (QED) is 0.598. The van der Waals surface area contributed by atoms with Crippen LogP contribution in [0.4, 0.5) is 17.1 Å². The number of carbonyl (C=O) groups excluding carboxylic acids is 2. The second kappa shape index (κ2) is 11.9. The van der Waals surface area contributed by atoms with E-state index in [0.29, 0.717) is 23.9 Å². The Kier molecular flexibility index (Phi) is 8.67. The van der Waals surface area contributed by atoms with Crippen LogP contribution < -0.4 is 15.5 Å². The molecule has 3 aliphatic rings. The molecule has 2 N–H and O–H groups in total. The predicted octanol–water partition coefficient (Wildman–Crippen LogP) is 5.10. The molecule has 8 heteroatoms. The van der Waals surface area contributed by atoms with E-state index >= 15 is 0 Å². The Hall–Kier alpha value is -2.87. The van der Waals surface area contributed by atoms with E-state index in [1.54, 1.807) is 6.08 Å². The molecule has 3 atom stereocenters. The summed E-state index contributed by atoms with van der Waals surface area (Å²) in [7, 11) is 0. The Morgan fingerprint density at radius 2 is 1.97 bits per heavy atom. The third-order valence-corrected chi connectivity index (χ3v) is 7.15. The Labute approximate surface area is 218 Å². The average molecular weight is 511 g/mol. The lowest BCUT2D eigenvalue weighted by molar-refractivity contribution is -0.119. The van der Waals surface area contributed by atoms with Gasteiger partial charge in [-0.1, -0.05) is 49.7 Å². The summed E-state index contributed by atoms with van der Waals surface area (Å²) in [6, 6.07) is 14.0. The predicted molar refractivity (Wildman–Crippen MR) is 146 cm³/mol. The zero-order valence-electron chi connectivity index (χ0n) is 21.2. The molecule has 0 radical (unpaired) electrons. The molecule has 2 aromatic carbocycles. The second-order valence-corrected chi connectivity index (χ2v) is 9.54. The summed E-state index contributed by atoms with van der Waals surface area (Å²) in [5, 5.41) is 6.55. The third kappa shape index (κ3) is 5.75. The van der Waals surface area contributed by atoms with Crippen molar-refractivity contribution in [1.29, 1.82) is 0 Å². The van der Waals surface area contributed by atoms with E-state index in [0.717, 1.165) is 43.0 Å². The molecule has 36 heavy (non-hydrogen) atoms. The Morgan fingerprint density at radius 1 is 1.17 bits per heavy atom. The van der Waals surface area contributed by atoms with Gasteiger partial charge in [-0.2, -0.15) is 0 Å². The minimum Gasteiger partial charge on any atom is -0.381 e. The molecule has 192 valence electrons. The number of amides is 2. The number of fused-ring (bicyclic) bond motifs is 1. The van der Waals surface area contributed by atoms with Crippen LogP contribution in [0, 0.1) is 5.92 Å². The molecule has 3 aliphatic heterocycles. The SMILES string of the molecule is CC.C[C@@H]1CN(C2C=CC(=O)Nc3ccccc32)CCN1c1ccc(NC(=O)C2CCOC2)cc1Cl. The van der Waals surface area contributed by atoms with E-state index in [4.69, 9.17) is 16.3 Å². The highest BCUT2D eigenvalue weighted by Gasteiger charge is 2.31. The molecule has 2 aromatic rings. The van der Waals surface area contributed by atoms with Crippen molar-refractivity contribution in [2.75, 3.05) is 48.4 Å². The molecule has 3 heterocycles. The van der Waals surface area contributed by atoms with Gasteiger partial charge in [-0.25, -0.2) is 0 Å². The van der Waals surface area contributed by atoms with Crippen molar-refractivity contribution >= 4 is 40.5 Å². The van der Waals surface area contributed by atoms with Gasteiger partial charge in [-0.05, 0) is 43.2 Å². The van der Waals surface area contributed by atoms with Crippen LogP contribution in [0.25, 0.3) is 0 Å². The van der Waals surface area contributed by atoms with Crippen molar-refractivity contribution in [1.82, 2.24) is 4.90 Å². The van der Waals surface area contributed by atoms with Crippen LogP contribution >= 0.6 is 11.6 Å². The van der Waals surface area contributed by atoms with Crippen LogP contribution in [0.3, 0.4) is 0 Å². The molecule has 2 unspecified atom stereocenters. The maximum absolute atomic E-state index is 12.4. The van der Waals surface area contributed by atoms with Gasteiger partial charge < -0.3 is 20.3 Å². The Morgan fingerprint density at radius 3 is 2.69 bits per heavy atom. The molecule has 0 aromatic heterocycles. The highest BCUT2D eigenvalue weighted by Crippen LogP contribution is 2.36. The number of hydrogen-bond donors (Lipinski definition) is 2. The largest absolute Gasteiger partial charge is 0.381 e. The first kappa shape index (κ1) is 26.2. The summed E-state index contributed by atoms with van der Waals surface area (Å²) in [5.41, 5.74) is 3.64. The van der Waals surface area contributed by atoms with Crippen LogP contribution in [-0.4, -0.2) is 55.6 Å². The van der Waals surface area contributed by atoms with Gasteiger partial charge >= 0.3 is 0 Å². The van der Waals surface area contributed by atoms with E-state index in [-0.39, 0.29) is 29.8 Å². The average Bonchev–Trinajstić information content (AvgIpc) is 3.37. The molecule has 7 nitrogen and oxygen atoms in total. The highest BCUT2D eigenvalue weighted by atomic mass is 35.5. The summed E-state index contributed by atoms with van der Waals surface area (Å²) in [6.07, 6.45) is 4.37. The zero-order chi connectivity index (χ0) is 25.7. The fraction of sp³-hybridized carbons (Fsp3) is 0.429. The number of rotatable bonds is 4. The number of ether oxygens (including phenoxy) is 1. The van der Waals surface area contributed by atoms with E-state index in [2.05, 4.69) is 33.4 Å². The first-order valence-corrected chi connectivity index (χ1v) is 13.1. The monoisotopic (exact) mass is 510 g/mol. The van der Waals surface area contributed by atoms with Gasteiger partial charge in [0.25, 0.3) is 0 Å². The van der Waals surface area contributed by atoms with Crippen molar-refractivity contribution in [2.24, 2.45) is 5.92 Å². The van der Waals surface area contributed by atoms with Crippen molar-refractivity contribution in [3.8, 4) is 0 Å². The number of para-hydroxylation sites is 1. The summed E-state index contributed by atoms with van der Waals surface area (Å²) in [5.74, 6) is -0.214. The van der Waals surface area contributed by atoms with Crippen molar-refractivity contribution < 1.29 is 14.3 Å². The Bertz CT molecular complexity index is 1120. The van der Waals surface area contributed by atoms with Gasteiger partial charge in [0.05, 0.1) is 29.3 Å². The van der Waals surface area contributed by atoms with Gasteiger partial charge in [0.2, 0.25) is 11.8 Å². The van der Waals surface area contributed by atoms with Gasteiger partial charge in [0.15, 0.2) is 0 Å². The number of nitrogens with one attached hydrogen (secondary N) is 2. The second-order valence-electron chi connectivity index (χ2n) is 9.13. The van der Waals surface area contributed by atoms with Gasteiger partial charge in [0, 0.05) is 49.7 Å². The van der Waals surface area contributed by atoms with E-state index in [9.17, 15) is 9.59 Å². The van der Waals surface area contributed by atoms with Crippen molar-refractivity contribution in [3.63, 3.8) is 0 Å². The Balaban J connectivity index is 0.00000148. The zero-order valence-corrected chi connectivity index (χ0v) is 21.9. The number of halogens is 1. The lowest BCUT2D eigenvalue weighted by Crippen LogP contribution is -2.52. The molecule has 0 spiro atoms. The van der Waals surface area contributed by atoms with Crippen LogP contribution in [0.15, 0.2) is 54.6 Å². The molecule has 2 amide bonds. The lowest BCUT2D eigenvalue weighted by Gasteiger charge is -2.44. The first-order chi connectivity index (χ1) is 17.5. The van der Waals surface area contributed by atoms with Crippen LogP contribution in [0.2, 0.25) is 5.02 Å². The number of hydrogen-bond acceptors (Lipinski definition) is 5. The normalized spacial score (nSPS) is 23.7. The molecule has 2 saturated heterocycles.